The molecular formula is C81H137N7O14. The molecule has 7 fully saturated rings. The smallest absolute Gasteiger partial charge is 0.339 e. The molecule has 7 heterocycles. The first-order valence-electron chi connectivity index (χ1n) is 38.2. The molecule has 6 unspecified atom stereocenters. The van der Waals surface area contributed by atoms with Crippen LogP contribution in [0.2, 0.25) is 0 Å². The van der Waals surface area contributed by atoms with Crippen LogP contribution >= 0.6 is 0 Å². The highest BCUT2D eigenvalue weighted by Crippen LogP contribution is 2.47. The van der Waals surface area contributed by atoms with Gasteiger partial charge < -0.3 is 59.5 Å². The number of aliphatic hydroxyl groups excluding tert-OH is 1. The molecule has 0 aliphatic carbocycles. The van der Waals surface area contributed by atoms with E-state index in [4.69, 9.17) is 33.2 Å². The highest BCUT2D eigenvalue weighted by atomic mass is 16.6. The van der Waals surface area contributed by atoms with Crippen molar-refractivity contribution in [2.45, 2.75) is 416 Å². The van der Waals surface area contributed by atoms with Gasteiger partial charge in [-0.1, -0.05) is 0 Å². The lowest BCUT2D eigenvalue weighted by atomic mass is 9.71. The van der Waals surface area contributed by atoms with Crippen molar-refractivity contribution < 1.29 is 67.0 Å². The first-order chi connectivity index (χ1) is 46.0. The highest BCUT2D eigenvalue weighted by molar-refractivity contribution is 6.10. The van der Waals surface area contributed by atoms with Gasteiger partial charge in [0.25, 0.3) is 0 Å². The summed E-state index contributed by atoms with van der Waals surface area (Å²) in [7, 11) is 6.28. The quantitative estimate of drug-likeness (QED) is 0.0374. The summed E-state index contributed by atoms with van der Waals surface area (Å²) in [5.41, 5.74) is -6.75. The standard InChI is InChI=1S/C81H137N7O14/c1-68(2)35-49(36-69(3,4)82-68)97-62(90)56-32-58(64(92)99-51-39-72(9,10)84-73(11,12)40-51)59(33-57(56)63(91)98-50-37-70(5,6)83-71(7,8)38-50)65(93)100-52-41-74(13,14)85-80(25,47-52)30-31-81(26)48-55(46-79(23,24)88(81)29)102-67(95)60(66(94)101-54-44-77(19,20)87(28)78(21,22)45-54)34-61(89)96-53-42-75(15,16)86(27)76(17,18)43-53/h32-33,49-55,60-61,82-85,89H,30-31,34-48H2,1-29H3. The van der Waals surface area contributed by atoms with Crippen LogP contribution in [-0.2, 0) is 42.7 Å². The number of hydrogen-bond acceptors (Lipinski definition) is 21. The molecule has 7 aliphatic heterocycles. The van der Waals surface area contributed by atoms with Crippen LogP contribution in [-0.4, -0.2) is 203 Å². The molecule has 0 saturated carbocycles. The molecule has 0 aromatic heterocycles. The van der Waals surface area contributed by atoms with Gasteiger partial charge >= 0.3 is 35.8 Å². The van der Waals surface area contributed by atoms with E-state index < -0.39 is 140 Å². The maximum Gasteiger partial charge on any atom is 0.339 e. The maximum atomic E-state index is 15.5. The molecule has 580 valence electrons. The predicted octanol–water partition coefficient (Wildman–Crippen LogP) is 12.7. The minimum atomic E-state index is -1.46. The second-order valence-electron chi connectivity index (χ2n) is 41.0. The van der Waals surface area contributed by atoms with Crippen molar-refractivity contribution in [2.24, 2.45) is 5.92 Å². The summed E-state index contributed by atoms with van der Waals surface area (Å²) in [6.45, 7) is 54.4. The van der Waals surface area contributed by atoms with Gasteiger partial charge in [-0.2, -0.15) is 0 Å². The van der Waals surface area contributed by atoms with Crippen molar-refractivity contribution in [3.05, 3.63) is 34.4 Å². The number of rotatable bonds is 19. The monoisotopic (exact) mass is 1430 g/mol. The zero-order chi connectivity index (χ0) is 76.9. The van der Waals surface area contributed by atoms with Gasteiger partial charge in [0, 0.05) is 161 Å². The summed E-state index contributed by atoms with van der Waals surface area (Å²) < 4.78 is 45.2. The number of nitrogens with one attached hydrogen (secondary N) is 4. The third kappa shape index (κ3) is 20.5. The first kappa shape index (κ1) is 83.3. The molecule has 0 spiro atoms. The number of carbonyl (C=O) groups is 6. The van der Waals surface area contributed by atoms with Gasteiger partial charge in [0.05, 0.1) is 28.4 Å². The number of esters is 6. The van der Waals surface area contributed by atoms with Crippen LogP contribution in [0.1, 0.15) is 331 Å². The normalized spacial score (nSPS) is 30.6. The van der Waals surface area contributed by atoms with Crippen molar-refractivity contribution in [2.75, 3.05) is 21.1 Å². The van der Waals surface area contributed by atoms with Gasteiger partial charge in [0.15, 0.2) is 12.2 Å². The Bertz CT molecular complexity index is 3190. The van der Waals surface area contributed by atoms with E-state index in [2.05, 4.69) is 237 Å². The van der Waals surface area contributed by atoms with E-state index >= 15 is 24.0 Å². The molecule has 0 radical (unpaired) electrons. The van der Waals surface area contributed by atoms with Crippen LogP contribution in [0.15, 0.2) is 12.1 Å². The average molecular weight is 1430 g/mol. The van der Waals surface area contributed by atoms with E-state index in [-0.39, 0.29) is 56.9 Å². The van der Waals surface area contributed by atoms with Gasteiger partial charge in [-0.25, -0.2) is 19.2 Å². The Labute approximate surface area is 613 Å². The number of hydrogen-bond donors (Lipinski definition) is 5. The fraction of sp³-hybridized carbons (Fsp3) is 0.852. The Hall–Kier alpha value is -4.32. The van der Waals surface area contributed by atoms with Crippen LogP contribution in [0.25, 0.3) is 0 Å². The van der Waals surface area contributed by atoms with Crippen LogP contribution in [0.5, 0.6) is 0 Å². The minimum absolute atomic E-state index is 0.216. The largest absolute Gasteiger partial charge is 0.462 e. The van der Waals surface area contributed by atoms with E-state index in [0.29, 0.717) is 103 Å². The Morgan fingerprint density at radius 3 is 0.922 bits per heavy atom. The van der Waals surface area contributed by atoms with E-state index in [1.165, 1.54) is 12.1 Å². The lowest BCUT2D eigenvalue weighted by Gasteiger charge is -2.56. The number of piperidine rings is 7. The Kier molecular flexibility index (Phi) is 23.4. The van der Waals surface area contributed by atoms with Crippen LogP contribution in [0.3, 0.4) is 0 Å². The summed E-state index contributed by atoms with van der Waals surface area (Å²) in [6, 6.07) is 2.57. The molecule has 7 saturated heterocycles. The van der Waals surface area contributed by atoms with Crippen molar-refractivity contribution in [1.29, 1.82) is 0 Å². The second-order valence-corrected chi connectivity index (χ2v) is 41.0. The van der Waals surface area contributed by atoms with Gasteiger partial charge in [0.2, 0.25) is 0 Å². The second kappa shape index (κ2) is 28.7. The Balaban J connectivity index is 1.07. The van der Waals surface area contributed by atoms with Crippen molar-refractivity contribution >= 4 is 35.8 Å². The molecule has 21 nitrogen and oxygen atoms in total. The lowest BCUT2D eigenvalue weighted by molar-refractivity contribution is -0.199. The molecule has 1 aromatic rings. The summed E-state index contributed by atoms with van der Waals surface area (Å²) in [5.74, 6) is -6.32. The summed E-state index contributed by atoms with van der Waals surface area (Å²) in [6.07, 6.45) is 2.45. The van der Waals surface area contributed by atoms with Gasteiger partial charge in [-0.15, -0.1) is 0 Å². The van der Waals surface area contributed by atoms with E-state index in [0.717, 1.165) is 0 Å². The number of nitrogens with zero attached hydrogens (tertiary/aromatic N) is 3. The zero-order valence-electron chi connectivity index (χ0n) is 68.5. The Morgan fingerprint density at radius 2 is 0.608 bits per heavy atom. The fourth-order valence-electron chi connectivity index (χ4n) is 20.4. The Morgan fingerprint density at radius 1 is 0.353 bits per heavy atom. The number of aliphatic hydroxyl groups is 1. The zero-order valence-corrected chi connectivity index (χ0v) is 68.5. The lowest BCUT2D eigenvalue weighted by Crippen LogP contribution is -2.64. The molecule has 7 aliphatic rings. The average Bonchev–Trinajstić information content (AvgIpc) is 0.758. The number of carbonyl (C=O) groups excluding carboxylic acids is 6. The topological polar surface area (TPSA) is 245 Å². The third-order valence-electron chi connectivity index (χ3n) is 24.4. The van der Waals surface area contributed by atoms with Crippen molar-refractivity contribution in [3.8, 4) is 0 Å². The molecule has 0 bridgehead atoms. The third-order valence-corrected chi connectivity index (χ3v) is 24.4. The SMILES string of the molecule is CN1C(C)(C)CC(OC(=O)C(CC(O)OC2CC(C)(C)N(C)C(C)(C)C2)C(=O)OC2CC(C)(C)N(C)C(C)(CCC3(C)CC(OC(=O)c4cc(C(=O)OC5CC(C)(C)NC(C)(C)C5)c(C(=O)OC5CC(C)(C)NC(C)(C)C5)cc4C(=O)OC4CC(C)(C)NC(C)(C)C4)CC(C)(C)N3)C2)CC1(C)C. The van der Waals surface area contributed by atoms with Crippen LogP contribution in [0.4, 0.5) is 0 Å². The number of likely N-dealkylation sites (tertiary alicyclic amines) is 3. The van der Waals surface area contributed by atoms with Crippen molar-refractivity contribution in [1.82, 2.24) is 36.0 Å². The summed E-state index contributed by atoms with van der Waals surface area (Å²) >= 11 is 0. The fourth-order valence-corrected chi connectivity index (χ4v) is 20.4. The molecule has 6 atom stereocenters. The number of ether oxygens (including phenoxy) is 7. The van der Waals surface area contributed by atoms with Gasteiger partial charge in [-0.3, -0.25) is 24.3 Å². The van der Waals surface area contributed by atoms with E-state index in [1.54, 1.807) is 0 Å². The number of benzene rings is 1. The maximum absolute atomic E-state index is 15.5. The molecule has 102 heavy (non-hydrogen) atoms. The van der Waals surface area contributed by atoms with Crippen LogP contribution < -0.4 is 21.3 Å². The van der Waals surface area contributed by atoms with Crippen molar-refractivity contribution in [3.63, 3.8) is 0 Å². The van der Waals surface area contributed by atoms with Crippen LogP contribution in [0, 0.1) is 5.92 Å². The molecular weight excluding hydrogens is 1290 g/mol. The summed E-state index contributed by atoms with van der Waals surface area (Å²) in [4.78, 5) is 97.6. The highest BCUT2D eigenvalue weighted by Gasteiger charge is 2.53. The first-order valence-corrected chi connectivity index (χ1v) is 38.2. The predicted molar refractivity (Wildman–Crippen MR) is 397 cm³/mol. The van der Waals surface area contributed by atoms with Gasteiger partial charge in [0.1, 0.15) is 36.6 Å². The molecule has 21 heteroatoms. The molecule has 5 N–H and O–H groups in total. The summed E-state index contributed by atoms with van der Waals surface area (Å²) in [5, 5.41) is 26.7. The molecule has 1 aromatic carbocycles. The molecule has 8 rings (SSSR count). The van der Waals surface area contributed by atoms with E-state index in [9.17, 15) is 9.90 Å². The minimum Gasteiger partial charge on any atom is -0.462 e. The van der Waals surface area contributed by atoms with E-state index in [1.807, 2.05) is 0 Å². The van der Waals surface area contributed by atoms with Gasteiger partial charge in [-0.05, 0) is 239 Å². The molecule has 0 amide bonds.